The van der Waals surface area contributed by atoms with Crippen LogP contribution < -0.4 is 0 Å². The molecule has 2 aromatic rings. The minimum Gasteiger partial charge on any atom is -0.361 e. The number of hydrogen-bond acceptors (Lipinski definition) is 2. The predicted molar refractivity (Wildman–Crippen MR) is 77.0 cm³/mol. The van der Waals surface area contributed by atoms with E-state index in [4.69, 9.17) is 0 Å². The normalized spacial score (nSPS) is 20.0. The number of ketones is 1. The lowest BCUT2D eigenvalue weighted by atomic mass is 9.81. The second kappa shape index (κ2) is 4.49. The smallest absolute Gasteiger partial charge is 0.152 e. The van der Waals surface area contributed by atoms with Gasteiger partial charge in [-0.25, -0.2) is 0 Å². The number of piperidine rings is 1. The van der Waals surface area contributed by atoms with Gasteiger partial charge in [-0.2, -0.15) is 0 Å². The van der Waals surface area contributed by atoms with Crippen LogP contribution >= 0.6 is 0 Å². The molecule has 0 spiro atoms. The third-order valence-corrected chi connectivity index (χ3v) is 4.24. The molecule has 1 saturated heterocycles. The second-order valence-corrected chi connectivity index (χ2v) is 6.13. The largest absolute Gasteiger partial charge is 0.361 e. The molecule has 3 nitrogen and oxygen atoms in total. The standard InChI is InChI=1S/C16H20N2O/c1-16(2)7-8-18(11-15(16)19)10-12-9-17-14-6-4-3-5-13(12)14/h3-6,9,17H,7-8,10-11H2,1-2H3. The summed E-state index contributed by atoms with van der Waals surface area (Å²) in [5.74, 6) is 0.360. The molecule has 0 atom stereocenters. The van der Waals surface area contributed by atoms with E-state index in [1.807, 2.05) is 6.07 Å². The molecule has 1 aliphatic rings. The van der Waals surface area contributed by atoms with Gasteiger partial charge in [0.2, 0.25) is 0 Å². The van der Waals surface area contributed by atoms with E-state index in [9.17, 15) is 4.79 Å². The average Bonchev–Trinajstić information content (AvgIpc) is 2.78. The Bertz CT molecular complexity index is 612. The van der Waals surface area contributed by atoms with Crippen molar-refractivity contribution >= 4 is 16.7 Å². The zero-order valence-electron chi connectivity index (χ0n) is 11.6. The minimum absolute atomic E-state index is 0.142. The van der Waals surface area contributed by atoms with E-state index >= 15 is 0 Å². The number of carbonyl (C=O) groups is 1. The van der Waals surface area contributed by atoms with Crippen molar-refractivity contribution in [1.29, 1.82) is 0 Å². The predicted octanol–water partition coefficient (Wildman–Crippen LogP) is 2.97. The molecule has 0 unspecified atom stereocenters. The first-order chi connectivity index (χ1) is 9.06. The Hall–Kier alpha value is -1.61. The van der Waals surface area contributed by atoms with E-state index in [0.717, 1.165) is 19.5 Å². The first-order valence-electron chi connectivity index (χ1n) is 6.87. The van der Waals surface area contributed by atoms with Crippen molar-refractivity contribution in [1.82, 2.24) is 9.88 Å². The van der Waals surface area contributed by atoms with Gasteiger partial charge in [-0.15, -0.1) is 0 Å². The monoisotopic (exact) mass is 256 g/mol. The Labute approximate surface area is 113 Å². The Morgan fingerprint density at radius 1 is 1.32 bits per heavy atom. The lowest BCUT2D eigenvalue weighted by Crippen LogP contribution is -2.44. The van der Waals surface area contributed by atoms with Crippen LogP contribution in [-0.4, -0.2) is 28.8 Å². The lowest BCUT2D eigenvalue weighted by Gasteiger charge is -2.35. The van der Waals surface area contributed by atoms with Crippen molar-refractivity contribution < 1.29 is 4.79 Å². The molecule has 0 radical (unpaired) electrons. The molecular formula is C16H20N2O. The summed E-state index contributed by atoms with van der Waals surface area (Å²) in [5.41, 5.74) is 2.31. The molecule has 100 valence electrons. The fourth-order valence-electron chi connectivity index (χ4n) is 2.71. The van der Waals surface area contributed by atoms with Crippen molar-refractivity contribution in [3.8, 4) is 0 Å². The van der Waals surface area contributed by atoms with Gasteiger partial charge in [0.15, 0.2) is 5.78 Å². The van der Waals surface area contributed by atoms with E-state index in [1.54, 1.807) is 0 Å². The quantitative estimate of drug-likeness (QED) is 0.896. The SMILES string of the molecule is CC1(C)CCN(Cc2c[nH]c3ccccc23)CC1=O. The van der Waals surface area contributed by atoms with Crippen molar-refractivity contribution in [2.75, 3.05) is 13.1 Å². The molecule has 19 heavy (non-hydrogen) atoms. The number of Topliss-reactive ketones (excluding diaryl/α,β-unsaturated/α-hetero) is 1. The number of rotatable bonds is 2. The van der Waals surface area contributed by atoms with Gasteiger partial charge in [-0.05, 0) is 24.6 Å². The number of nitrogens with zero attached hydrogens (tertiary/aromatic N) is 1. The Morgan fingerprint density at radius 2 is 2.11 bits per heavy atom. The summed E-state index contributed by atoms with van der Waals surface area (Å²) in [6.07, 6.45) is 3.02. The van der Waals surface area contributed by atoms with E-state index in [0.29, 0.717) is 12.3 Å². The molecule has 1 aromatic heterocycles. The zero-order chi connectivity index (χ0) is 13.5. The fourth-order valence-corrected chi connectivity index (χ4v) is 2.71. The number of H-pyrrole nitrogens is 1. The highest BCUT2D eigenvalue weighted by molar-refractivity contribution is 5.87. The van der Waals surface area contributed by atoms with Crippen LogP contribution in [0, 0.1) is 5.41 Å². The van der Waals surface area contributed by atoms with Crippen LogP contribution in [-0.2, 0) is 11.3 Å². The van der Waals surface area contributed by atoms with Crippen molar-refractivity contribution in [2.45, 2.75) is 26.8 Å². The second-order valence-electron chi connectivity index (χ2n) is 6.13. The highest BCUT2D eigenvalue weighted by atomic mass is 16.1. The highest BCUT2D eigenvalue weighted by Gasteiger charge is 2.33. The van der Waals surface area contributed by atoms with Crippen LogP contribution in [0.25, 0.3) is 10.9 Å². The Kier molecular flexibility index (Phi) is 2.94. The molecule has 1 N–H and O–H groups in total. The van der Waals surface area contributed by atoms with Crippen LogP contribution in [0.1, 0.15) is 25.8 Å². The van der Waals surface area contributed by atoms with Gasteiger partial charge in [0.25, 0.3) is 0 Å². The highest BCUT2D eigenvalue weighted by Crippen LogP contribution is 2.28. The third kappa shape index (κ3) is 2.30. The lowest BCUT2D eigenvalue weighted by molar-refractivity contribution is -0.132. The van der Waals surface area contributed by atoms with Gasteiger partial charge in [0, 0.05) is 29.1 Å². The van der Waals surface area contributed by atoms with Crippen molar-refractivity contribution in [3.05, 3.63) is 36.0 Å². The first-order valence-corrected chi connectivity index (χ1v) is 6.87. The number of carbonyl (C=O) groups excluding carboxylic acids is 1. The summed E-state index contributed by atoms with van der Waals surface area (Å²) in [5, 5.41) is 1.26. The fraction of sp³-hybridized carbons (Fsp3) is 0.438. The molecule has 3 heteroatoms. The van der Waals surface area contributed by atoms with Crippen LogP contribution in [0.3, 0.4) is 0 Å². The maximum atomic E-state index is 12.1. The molecule has 1 fully saturated rings. The van der Waals surface area contributed by atoms with Crippen LogP contribution in [0.2, 0.25) is 0 Å². The summed E-state index contributed by atoms with van der Waals surface area (Å²) < 4.78 is 0. The van der Waals surface area contributed by atoms with Crippen molar-refractivity contribution in [2.24, 2.45) is 5.41 Å². The first kappa shape index (κ1) is 12.4. The zero-order valence-corrected chi connectivity index (χ0v) is 11.6. The molecule has 0 aliphatic carbocycles. The summed E-state index contributed by atoms with van der Waals surface area (Å²) in [6.45, 7) is 6.54. The number of para-hydroxylation sites is 1. The van der Waals surface area contributed by atoms with Crippen molar-refractivity contribution in [3.63, 3.8) is 0 Å². The van der Waals surface area contributed by atoms with Gasteiger partial charge in [-0.1, -0.05) is 32.0 Å². The number of nitrogens with one attached hydrogen (secondary N) is 1. The molecular weight excluding hydrogens is 236 g/mol. The van der Waals surface area contributed by atoms with Gasteiger partial charge >= 0.3 is 0 Å². The van der Waals surface area contributed by atoms with Gasteiger partial charge in [-0.3, -0.25) is 9.69 Å². The Balaban J connectivity index is 1.78. The minimum atomic E-state index is -0.142. The molecule has 0 saturated carbocycles. The van der Waals surface area contributed by atoms with Crippen LogP contribution in [0.15, 0.2) is 30.5 Å². The average molecular weight is 256 g/mol. The summed E-state index contributed by atoms with van der Waals surface area (Å²) in [6, 6.07) is 8.32. The Morgan fingerprint density at radius 3 is 2.89 bits per heavy atom. The van der Waals surface area contributed by atoms with Crippen LogP contribution in [0.5, 0.6) is 0 Å². The topological polar surface area (TPSA) is 36.1 Å². The van der Waals surface area contributed by atoms with E-state index in [2.05, 4.69) is 48.1 Å². The number of aromatic nitrogens is 1. The number of likely N-dealkylation sites (tertiary alicyclic amines) is 1. The van der Waals surface area contributed by atoms with E-state index in [1.165, 1.54) is 16.5 Å². The van der Waals surface area contributed by atoms with Gasteiger partial charge in [0.1, 0.15) is 0 Å². The van der Waals surface area contributed by atoms with E-state index < -0.39 is 0 Å². The number of aromatic amines is 1. The number of fused-ring (bicyclic) bond motifs is 1. The third-order valence-electron chi connectivity index (χ3n) is 4.24. The number of hydrogen-bond donors (Lipinski definition) is 1. The van der Waals surface area contributed by atoms with Gasteiger partial charge in [0.05, 0.1) is 6.54 Å². The molecule has 1 aliphatic heterocycles. The summed E-state index contributed by atoms with van der Waals surface area (Å²) >= 11 is 0. The van der Waals surface area contributed by atoms with Crippen LogP contribution in [0.4, 0.5) is 0 Å². The maximum absolute atomic E-state index is 12.1. The molecule has 0 bridgehead atoms. The maximum Gasteiger partial charge on any atom is 0.152 e. The summed E-state index contributed by atoms with van der Waals surface area (Å²) in [4.78, 5) is 17.6. The molecule has 1 aromatic carbocycles. The van der Waals surface area contributed by atoms with E-state index in [-0.39, 0.29) is 5.41 Å². The number of benzene rings is 1. The molecule has 2 heterocycles. The molecule has 3 rings (SSSR count). The van der Waals surface area contributed by atoms with Gasteiger partial charge < -0.3 is 4.98 Å². The summed E-state index contributed by atoms with van der Waals surface area (Å²) in [7, 11) is 0. The molecule has 0 amide bonds.